The van der Waals surface area contributed by atoms with Gasteiger partial charge in [-0.15, -0.1) is 0 Å². The Hall–Kier alpha value is -2.50. The minimum atomic E-state index is -0.349. The van der Waals surface area contributed by atoms with E-state index in [4.69, 9.17) is 9.47 Å². The monoisotopic (exact) mass is 301 g/mol. The molecule has 0 atom stereocenters. The van der Waals surface area contributed by atoms with E-state index in [-0.39, 0.29) is 5.69 Å². The van der Waals surface area contributed by atoms with Gasteiger partial charge in [0.25, 0.3) is 0 Å². The number of nitrogens with zero attached hydrogens (tertiary/aromatic N) is 1. The summed E-state index contributed by atoms with van der Waals surface area (Å²) in [6.45, 7) is 0.842. The van der Waals surface area contributed by atoms with E-state index < -0.39 is 0 Å². The molecule has 0 aliphatic carbocycles. The molecule has 1 aliphatic rings. The number of anilines is 1. The van der Waals surface area contributed by atoms with E-state index in [1.165, 1.54) is 0 Å². The van der Waals surface area contributed by atoms with Crippen molar-refractivity contribution in [3.8, 4) is 22.8 Å². The van der Waals surface area contributed by atoms with E-state index in [1.54, 1.807) is 14.2 Å². The normalized spacial score (nSPS) is 13.7. The fraction of sp³-hybridized carbons (Fsp3) is 0.375. The Morgan fingerprint density at radius 2 is 1.95 bits per heavy atom. The second kappa shape index (κ2) is 6.09. The molecule has 1 aromatic heterocycles. The highest BCUT2D eigenvalue weighted by Gasteiger charge is 2.17. The number of rotatable bonds is 3. The maximum Gasteiger partial charge on any atom is 0.347 e. The number of benzene rings is 1. The number of hydrogen-bond donors (Lipinski definition) is 2. The molecule has 0 amide bonds. The highest BCUT2D eigenvalue weighted by atomic mass is 16.5. The third-order valence-electron chi connectivity index (χ3n) is 3.85. The molecule has 6 heteroatoms. The lowest BCUT2D eigenvalue weighted by atomic mass is 10.0. The largest absolute Gasteiger partial charge is 0.493 e. The molecule has 0 saturated carbocycles. The Labute approximate surface area is 128 Å². The molecule has 0 saturated heterocycles. The van der Waals surface area contributed by atoms with Gasteiger partial charge in [0.1, 0.15) is 5.82 Å². The fourth-order valence-electron chi connectivity index (χ4n) is 2.76. The van der Waals surface area contributed by atoms with Gasteiger partial charge >= 0.3 is 5.69 Å². The number of aromatic nitrogens is 2. The topological polar surface area (TPSA) is 76.2 Å². The van der Waals surface area contributed by atoms with Gasteiger partial charge in [0.05, 0.1) is 19.9 Å². The number of ether oxygens (including phenoxy) is 2. The number of aromatic amines is 1. The second-order valence-electron chi connectivity index (χ2n) is 5.20. The molecule has 2 aromatic rings. The first kappa shape index (κ1) is 14.4. The van der Waals surface area contributed by atoms with Gasteiger partial charge in [0, 0.05) is 17.7 Å². The molecule has 0 radical (unpaired) electrons. The summed E-state index contributed by atoms with van der Waals surface area (Å²) in [6.07, 6.45) is 3.01. The zero-order valence-corrected chi connectivity index (χ0v) is 12.7. The third-order valence-corrected chi connectivity index (χ3v) is 3.85. The molecule has 0 spiro atoms. The van der Waals surface area contributed by atoms with Gasteiger partial charge in [-0.1, -0.05) is 0 Å². The van der Waals surface area contributed by atoms with Crippen LogP contribution in [0.2, 0.25) is 0 Å². The maximum absolute atomic E-state index is 11.9. The minimum Gasteiger partial charge on any atom is -0.493 e. The van der Waals surface area contributed by atoms with Crippen LogP contribution in [0.5, 0.6) is 11.5 Å². The summed E-state index contributed by atoms with van der Waals surface area (Å²) in [4.78, 5) is 18.8. The van der Waals surface area contributed by atoms with Crippen molar-refractivity contribution in [3.63, 3.8) is 0 Å². The fourth-order valence-corrected chi connectivity index (χ4v) is 2.76. The van der Waals surface area contributed by atoms with Gasteiger partial charge in [0.2, 0.25) is 0 Å². The molecule has 22 heavy (non-hydrogen) atoms. The number of H-pyrrole nitrogens is 1. The van der Waals surface area contributed by atoms with Crippen LogP contribution in [0.3, 0.4) is 0 Å². The molecule has 6 nitrogen and oxygen atoms in total. The second-order valence-corrected chi connectivity index (χ2v) is 5.20. The average molecular weight is 301 g/mol. The van der Waals surface area contributed by atoms with Crippen molar-refractivity contribution in [1.82, 2.24) is 9.97 Å². The number of hydrogen-bond acceptors (Lipinski definition) is 5. The Morgan fingerprint density at radius 1 is 1.14 bits per heavy atom. The van der Waals surface area contributed by atoms with E-state index in [0.29, 0.717) is 17.3 Å². The van der Waals surface area contributed by atoms with Crippen LogP contribution in [-0.4, -0.2) is 30.7 Å². The van der Waals surface area contributed by atoms with Crippen LogP contribution in [0.15, 0.2) is 23.0 Å². The summed E-state index contributed by atoms with van der Waals surface area (Å²) in [7, 11) is 3.20. The molecule has 0 bridgehead atoms. The van der Waals surface area contributed by atoms with Gasteiger partial charge in [0.15, 0.2) is 11.5 Å². The smallest absolute Gasteiger partial charge is 0.347 e. The van der Waals surface area contributed by atoms with E-state index in [0.717, 1.165) is 42.6 Å². The summed E-state index contributed by atoms with van der Waals surface area (Å²) in [6, 6.07) is 5.62. The molecular formula is C16H19N3O3. The molecular weight excluding hydrogens is 282 g/mol. The molecule has 0 unspecified atom stereocenters. The van der Waals surface area contributed by atoms with Crippen LogP contribution in [0.25, 0.3) is 11.3 Å². The lowest BCUT2D eigenvalue weighted by molar-refractivity contribution is 0.355. The van der Waals surface area contributed by atoms with Crippen molar-refractivity contribution in [3.05, 3.63) is 34.2 Å². The first-order chi connectivity index (χ1) is 10.7. The lowest BCUT2D eigenvalue weighted by Crippen LogP contribution is -2.17. The molecule has 3 rings (SSSR count). The Morgan fingerprint density at radius 3 is 2.73 bits per heavy atom. The van der Waals surface area contributed by atoms with Crippen molar-refractivity contribution in [2.24, 2.45) is 0 Å². The average Bonchev–Trinajstić information content (AvgIpc) is 2.78. The van der Waals surface area contributed by atoms with Crippen LogP contribution >= 0.6 is 0 Å². The lowest BCUT2D eigenvalue weighted by Gasteiger charge is -2.14. The molecule has 2 heterocycles. The van der Waals surface area contributed by atoms with Crippen molar-refractivity contribution >= 4 is 5.82 Å². The molecule has 2 N–H and O–H groups in total. The summed E-state index contributed by atoms with van der Waals surface area (Å²) < 4.78 is 10.6. The quantitative estimate of drug-likeness (QED) is 0.909. The van der Waals surface area contributed by atoms with Gasteiger partial charge < -0.3 is 19.8 Å². The first-order valence-electron chi connectivity index (χ1n) is 7.32. The van der Waals surface area contributed by atoms with E-state index >= 15 is 0 Å². The molecule has 116 valence electrons. The minimum absolute atomic E-state index is 0.349. The predicted octanol–water partition coefficient (Wildman–Crippen LogP) is 2.20. The van der Waals surface area contributed by atoms with Crippen LogP contribution in [0, 0.1) is 0 Å². The zero-order chi connectivity index (χ0) is 15.5. The summed E-state index contributed by atoms with van der Waals surface area (Å²) in [5.41, 5.74) is 2.38. The first-order valence-corrected chi connectivity index (χ1v) is 7.32. The zero-order valence-electron chi connectivity index (χ0n) is 12.7. The van der Waals surface area contributed by atoms with E-state index in [2.05, 4.69) is 15.3 Å². The molecule has 0 fully saturated rings. The van der Waals surface area contributed by atoms with Gasteiger partial charge in [-0.3, -0.25) is 0 Å². The summed E-state index contributed by atoms with van der Waals surface area (Å²) in [5, 5.41) is 3.24. The third kappa shape index (κ3) is 2.64. The van der Waals surface area contributed by atoms with Crippen LogP contribution in [-0.2, 0) is 6.42 Å². The SMILES string of the molecule is COc1ccc(-c2[nH]c(=O)nc3c2CCCCN3)cc1OC. The maximum atomic E-state index is 11.9. The molecule has 1 aliphatic heterocycles. The van der Waals surface area contributed by atoms with Crippen LogP contribution in [0.4, 0.5) is 5.82 Å². The van der Waals surface area contributed by atoms with Crippen molar-refractivity contribution in [2.75, 3.05) is 26.1 Å². The van der Waals surface area contributed by atoms with E-state index in [1.807, 2.05) is 18.2 Å². The van der Waals surface area contributed by atoms with Gasteiger partial charge in [-0.05, 0) is 37.5 Å². The highest BCUT2D eigenvalue weighted by molar-refractivity contribution is 5.71. The van der Waals surface area contributed by atoms with Crippen molar-refractivity contribution < 1.29 is 9.47 Å². The Bertz CT molecular complexity index is 740. The summed E-state index contributed by atoms with van der Waals surface area (Å²) in [5.74, 6) is 1.98. The Balaban J connectivity index is 2.15. The Kier molecular flexibility index (Phi) is 4.00. The number of nitrogens with one attached hydrogen (secondary N) is 2. The van der Waals surface area contributed by atoms with Crippen molar-refractivity contribution in [1.29, 1.82) is 0 Å². The molecule has 1 aromatic carbocycles. The predicted molar refractivity (Wildman–Crippen MR) is 84.8 cm³/mol. The van der Waals surface area contributed by atoms with Gasteiger partial charge in [-0.25, -0.2) is 4.79 Å². The van der Waals surface area contributed by atoms with Crippen LogP contribution < -0.4 is 20.5 Å². The number of fused-ring (bicyclic) bond motifs is 1. The van der Waals surface area contributed by atoms with Crippen LogP contribution in [0.1, 0.15) is 18.4 Å². The van der Waals surface area contributed by atoms with Gasteiger partial charge in [-0.2, -0.15) is 4.98 Å². The highest BCUT2D eigenvalue weighted by Crippen LogP contribution is 2.34. The van der Waals surface area contributed by atoms with E-state index in [9.17, 15) is 4.79 Å². The summed E-state index contributed by atoms with van der Waals surface area (Å²) >= 11 is 0. The van der Waals surface area contributed by atoms with Crippen molar-refractivity contribution in [2.45, 2.75) is 19.3 Å². The number of methoxy groups -OCH3 is 2. The standard InChI is InChI=1S/C16H19N3O3/c1-21-12-7-6-10(9-13(12)22-2)14-11-5-3-4-8-17-15(11)19-16(20)18-14/h6-7,9H,3-5,8H2,1-2H3,(H2,17,18,19,20).